The predicted octanol–water partition coefficient (Wildman–Crippen LogP) is -2.60. The number of nitrogens with two attached hydrogens (primary N) is 3. The summed E-state index contributed by atoms with van der Waals surface area (Å²) in [4.78, 5) is 79.2. The Morgan fingerprint density at radius 1 is 0.892 bits per heavy atom. The standard InChI is InChI=1S/C22H36N8O7/c1-11(2)7-16(22(36)37)30-20(34)14(4-6-18(25)32)28-21(35)15(8-12-9-26-10-27-12)29-19(33)13(23)3-5-17(24)31/h9-11,13-16H,3-8,23H2,1-2H3,(H2,24,31)(H2,25,32)(H,26,27)(H,28,35)(H,29,33)(H,30,34)(H,36,37). The highest BCUT2D eigenvalue weighted by molar-refractivity contribution is 5.94. The van der Waals surface area contributed by atoms with E-state index in [4.69, 9.17) is 17.2 Å². The van der Waals surface area contributed by atoms with Crippen molar-refractivity contribution >= 4 is 35.5 Å². The highest BCUT2D eigenvalue weighted by Crippen LogP contribution is 2.08. The molecule has 5 amide bonds. The quantitative estimate of drug-likeness (QED) is 0.106. The molecule has 0 spiro atoms. The Hall–Kier alpha value is -4.01. The van der Waals surface area contributed by atoms with Gasteiger partial charge in [-0.15, -0.1) is 0 Å². The molecule has 0 aliphatic carbocycles. The molecule has 0 radical (unpaired) electrons. The van der Waals surface area contributed by atoms with E-state index in [1.165, 1.54) is 12.5 Å². The number of carbonyl (C=O) groups is 6. The van der Waals surface area contributed by atoms with Gasteiger partial charge in [0.05, 0.1) is 12.4 Å². The number of primary amides is 2. The van der Waals surface area contributed by atoms with E-state index in [1.807, 2.05) is 0 Å². The van der Waals surface area contributed by atoms with Crippen LogP contribution in [-0.2, 0) is 35.2 Å². The fourth-order valence-electron chi connectivity index (χ4n) is 3.33. The zero-order valence-electron chi connectivity index (χ0n) is 20.9. The summed E-state index contributed by atoms with van der Waals surface area (Å²) in [7, 11) is 0. The third-order valence-electron chi connectivity index (χ3n) is 5.28. The van der Waals surface area contributed by atoms with E-state index in [0.717, 1.165) is 0 Å². The van der Waals surface area contributed by atoms with E-state index in [0.29, 0.717) is 5.69 Å². The van der Waals surface area contributed by atoms with Gasteiger partial charge in [-0.2, -0.15) is 0 Å². The summed E-state index contributed by atoms with van der Waals surface area (Å²) >= 11 is 0. The van der Waals surface area contributed by atoms with Crippen molar-refractivity contribution < 1.29 is 33.9 Å². The monoisotopic (exact) mass is 524 g/mol. The molecule has 15 heteroatoms. The van der Waals surface area contributed by atoms with Gasteiger partial charge in [-0.3, -0.25) is 24.0 Å². The lowest BCUT2D eigenvalue weighted by Crippen LogP contribution is -2.57. The molecule has 1 rings (SSSR count). The Balaban J connectivity index is 3.07. The van der Waals surface area contributed by atoms with Crippen LogP contribution in [0.1, 0.15) is 51.6 Å². The maximum Gasteiger partial charge on any atom is 0.326 e. The molecule has 37 heavy (non-hydrogen) atoms. The molecule has 0 saturated carbocycles. The van der Waals surface area contributed by atoms with Gasteiger partial charge in [-0.25, -0.2) is 9.78 Å². The number of amides is 5. The number of nitrogens with one attached hydrogen (secondary N) is 4. The van der Waals surface area contributed by atoms with Gasteiger partial charge in [0.15, 0.2) is 0 Å². The predicted molar refractivity (Wildman–Crippen MR) is 130 cm³/mol. The van der Waals surface area contributed by atoms with Crippen LogP contribution in [0.25, 0.3) is 0 Å². The summed E-state index contributed by atoms with van der Waals surface area (Å²) in [6.07, 6.45) is 2.22. The largest absolute Gasteiger partial charge is 0.480 e. The zero-order valence-corrected chi connectivity index (χ0v) is 20.9. The van der Waals surface area contributed by atoms with Crippen LogP contribution >= 0.6 is 0 Å². The van der Waals surface area contributed by atoms with Crippen molar-refractivity contribution in [3.05, 3.63) is 18.2 Å². The van der Waals surface area contributed by atoms with Gasteiger partial charge in [-0.05, 0) is 25.2 Å². The van der Waals surface area contributed by atoms with Crippen molar-refractivity contribution in [2.24, 2.45) is 23.1 Å². The molecule has 4 unspecified atom stereocenters. The maximum absolute atomic E-state index is 13.2. The van der Waals surface area contributed by atoms with Crippen molar-refractivity contribution in [3.63, 3.8) is 0 Å². The normalized spacial score (nSPS) is 14.2. The lowest BCUT2D eigenvalue weighted by molar-refractivity contribution is -0.143. The summed E-state index contributed by atoms with van der Waals surface area (Å²) < 4.78 is 0. The second-order valence-electron chi connectivity index (χ2n) is 9.05. The van der Waals surface area contributed by atoms with Crippen LogP contribution in [0.15, 0.2) is 12.5 Å². The molecule has 0 aliphatic heterocycles. The summed E-state index contributed by atoms with van der Waals surface area (Å²) in [5, 5.41) is 16.8. The van der Waals surface area contributed by atoms with E-state index in [1.54, 1.807) is 13.8 Å². The van der Waals surface area contributed by atoms with Gasteiger partial charge >= 0.3 is 5.97 Å². The first-order chi connectivity index (χ1) is 17.3. The first kappa shape index (κ1) is 31.0. The van der Waals surface area contributed by atoms with Crippen molar-refractivity contribution in [2.45, 2.75) is 76.5 Å². The van der Waals surface area contributed by atoms with Crippen LogP contribution < -0.4 is 33.2 Å². The minimum Gasteiger partial charge on any atom is -0.480 e. The molecule has 15 nitrogen and oxygen atoms in total. The number of hydrogen-bond donors (Lipinski definition) is 8. The maximum atomic E-state index is 13.2. The van der Waals surface area contributed by atoms with E-state index in [-0.39, 0.29) is 44.4 Å². The molecule has 1 aromatic rings. The highest BCUT2D eigenvalue weighted by atomic mass is 16.4. The van der Waals surface area contributed by atoms with Crippen LogP contribution in [0, 0.1) is 5.92 Å². The lowest BCUT2D eigenvalue weighted by atomic mass is 10.0. The molecule has 11 N–H and O–H groups in total. The number of carbonyl (C=O) groups excluding carboxylic acids is 5. The molecular weight excluding hydrogens is 488 g/mol. The van der Waals surface area contributed by atoms with E-state index in [9.17, 15) is 33.9 Å². The molecule has 0 bridgehead atoms. The Labute approximate surface area is 213 Å². The SMILES string of the molecule is CC(C)CC(NC(=O)C(CCC(N)=O)NC(=O)C(Cc1cnc[nH]1)NC(=O)C(N)CCC(N)=O)C(=O)O. The summed E-state index contributed by atoms with van der Waals surface area (Å²) in [5.74, 6) is -5.04. The Morgan fingerprint density at radius 3 is 1.95 bits per heavy atom. The average molecular weight is 525 g/mol. The van der Waals surface area contributed by atoms with Gasteiger partial charge in [0.1, 0.15) is 18.1 Å². The second-order valence-corrected chi connectivity index (χ2v) is 9.05. The molecule has 206 valence electrons. The number of aromatic amines is 1. The van der Waals surface area contributed by atoms with Crippen LogP contribution in [0.4, 0.5) is 0 Å². The number of imidazole rings is 1. The number of aliphatic carboxylic acids is 1. The van der Waals surface area contributed by atoms with Crippen LogP contribution in [0.2, 0.25) is 0 Å². The Kier molecular flexibility index (Phi) is 12.7. The molecule has 1 heterocycles. The molecule has 0 saturated heterocycles. The fourth-order valence-corrected chi connectivity index (χ4v) is 3.33. The van der Waals surface area contributed by atoms with Crippen LogP contribution in [-0.4, -0.2) is 74.7 Å². The molecule has 1 aromatic heterocycles. The van der Waals surface area contributed by atoms with Crippen LogP contribution in [0.3, 0.4) is 0 Å². The minimum atomic E-state index is -1.32. The third-order valence-corrected chi connectivity index (χ3v) is 5.28. The number of H-pyrrole nitrogens is 1. The average Bonchev–Trinajstić information content (AvgIpc) is 3.31. The van der Waals surface area contributed by atoms with Crippen molar-refractivity contribution in [2.75, 3.05) is 0 Å². The third kappa shape index (κ3) is 12.0. The first-order valence-electron chi connectivity index (χ1n) is 11.7. The van der Waals surface area contributed by atoms with Crippen molar-refractivity contribution in [1.82, 2.24) is 25.9 Å². The lowest BCUT2D eigenvalue weighted by Gasteiger charge is -2.25. The number of carboxylic acids is 1. The second kappa shape index (κ2) is 15.2. The first-order valence-corrected chi connectivity index (χ1v) is 11.7. The van der Waals surface area contributed by atoms with Crippen molar-refractivity contribution in [1.29, 1.82) is 0 Å². The van der Waals surface area contributed by atoms with Gasteiger partial charge < -0.3 is 43.2 Å². The van der Waals surface area contributed by atoms with E-state index >= 15 is 0 Å². The van der Waals surface area contributed by atoms with Gasteiger partial charge in [0, 0.05) is 31.2 Å². The fraction of sp³-hybridized carbons (Fsp3) is 0.591. The number of nitrogens with zero attached hydrogens (tertiary/aromatic N) is 1. The van der Waals surface area contributed by atoms with Gasteiger partial charge in [0.2, 0.25) is 29.5 Å². The Morgan fingerprint density at radius 2 is 1.43 bits per heavy atom. The molecule has 4 atom stereocenters. The van der Waals surface area contributed by atoms with Gasteiger partial charge in [-0.1, -0.05) is 13.8 Å². The highest BCUT2D eigenvalue weighted by Gasteiger charge is 2.31. The number of hydrogen-bond acceptors (Lipinski definition) is 8. The zero-order chi connectivity index (χ0) is 28.1. The number of aromatic nitrogens is 2. The number of rotatable bonds is 17. The molecular formula is C22H36N8O7. The van der Waals surface area contributed by atoms with E-state index < -0.39 is 59.7 Å². The smallest absolute Gasteiger partial charge is 0.326 e. The van der Waals surface area contributed by atoms with Gasteiger partial charge in [0.25, 0.3) is 0 Å². The molecule has 0 aliphatic rings. The summed E-state index contributed by atoms with van der Waals surface area (Å²) in [5.41, 5.74) is 16.6. The van der Waals surface area contributed by atoms with E-state index in [2.05, 4.69) is 25.9 Å². The minimum absolute atomic E-state index is 0.0460. The van der Waals surface area contributed by atoms with Crippen molar-refractivity contribution in [3.8, 4) is 0 Å². The Bertz CT molecular complexity index is 951. The number of carboxylic acid groups (broad SMARTS) is 1. The molecule has 0 aromatic carbocycles. The topological polar surface area (TPSA) is 265 Å². The summed E-state index contributed by atoms with van der Waals surface area (Å²) in [6, 6.07) is -4.91. The molecule has 0 fully saturated rings. The summed E-state index contributed by atoms with van der Waals surface area (Å²) in [6.45, 7) is 3.57. The van der Waals surface area contributed by atoms with Crippen LogP contribution in [0.5, 0.6) is 0 Å².